The summed E-state index contributed by atoms with van der Waals surface area (Å²) in [6.07, 6.45) is 17.0. The molecule has 0 saturated carbocycles. The second-order valence-electron chi connectivity index (χ2n) is 9.99. The van der Waals surface area contributed by atoms with Crippen LogP contribution in [-0.4, -0.2) is 188 Å². The van der Waals surface area contributed by atoms with Gasteiger partial charge in [0.1, 0.15) is 0 Å². The normalized spacial score (nSPS) is 11.2. The van der Waals surface area contributed by atoms with Gasteiger partial charge in [-0.15, -0.1) is 0 Å². The molecule has 0 saturated heterocycles. The van der Waals surface area contributed by atoms with E-state index in [1.54, 1.807) is 0 Å². The van der Waals surface area contributed by atoms with Crippen molar-refractivity contribution in [2.24, 2.45) is 11.7 Å². The molecule has 0 spiro atoms. The minimum absolute atomic E-state index is 0. The van der Waals surface area contributed by atoms with Gasteiger partial charge in [0.15, 0.2) is 11.2 Å². The Morgan fingerprint density at radius 3 is 1.29 bits per heavy atom. The van der Waals surface area contributed by atoms with E-state index in [-0.39, 0.29) is 125 Å². The molecule has 1 atom stereocenters. The minimum atomic E-state index is -5.03. The fourth-order valence-corrected chi connectivity index (χ4v) is 5.11. The first-order valence-corrected chi connectivity index (χ1v) is 15.4. The van der Waals surface area contributed by atoms with Crippen LogP contribution < -0.4 is 5.73 Å². The molecule has 0 aliphatic rings. The van der Waals surface area contributed by atoms with Crippen molar-refractivity contribution in [3.8, 4) is 0 Å². The Balaban J connectivity index is -0.00000114. The fourth-order valence-electron chi connectivity index (χ4n) is 4.33. The summed E-state index contributed by atoms with van der Waals surface area (Å²) >= 11 is 0. The van der Waals surface area contributed by atoms with E-state index >= 15 is 0 Å². The van der Waals surface area contributed by atoms with Gasteiger partial charge in [0.25, 0.3) is 10.1 Å². The number of carboxylic acid groups (broad SMARTS) is 2. The van der Waals surface area contributed by atoms with Gasteiger partial charge < -0.3 is 20.8 Å². The first kappa shape index (κ1) is 53.3. The van der Waals surface area contributed by atoms with Gasteiger partial charge >= 0.3 is 130 Å². The Kier molecular flexibility index (Phi) is 41.5. The third-order valence-electron chi connectivity index (χ3n) is 6.61. The Labute approximate surface area is 340 Å². The van der Waals surface area contributed by atoms with E-state index < -0.39 is 58.0 Å². The second kappa shape index (κ2) is 32.7. The van der Waals surface area contributed by atoms with Crippen LogP contribution in [0.1, 0.15) is 116 Å². The van der Waals surface area contributed by atoms with E-state index in [2.05, 4.69) is 6.92 Å². The summed E-state index contributed by atoms with van der Waals surface area (Å²) < 4.78 is 32.7. The summed E-state index contributed by atoms with van der Waals surface area (Å²) in [4.78, 5) is 47.4. The first-order valence-electron chi connectivity index (χ1n) is 13.9. The molecule has 16 heteroatoms. The Morgan fingerprint density at radius 1 is 0.667 bits per heavy atom. The van der Waals surface area contributed by atoms with Crippen LogP contribution in [0.15, 0.2) is 0 Å². The number of aliphatic carboxylic acids is 2. The Hall–Kier alpha value is 1.79. The number of carboxylic acids is 2. The molecule has 1 unspecified atom stereocenters. The van der Waals surface area contributed by atoms with Crippen LogP contribution >= 0.6 is 0 Å². The number of carbonyl (C=O) groups excluding carboxylic acids is 2. The van der Waals surface area contributed by atoms with Gasteiger partial charge in [-0.1, -0.05) is 103 Å². The number of carbonyl (C=O) groups is 4. The first-order chi connectivity index (χ1) is 17.9. The standard InChI is InChI=1S/C26H48N2O9S.4Na.4H/c1-2-3-4-5-6-7-8-9-10-11-12-13-14-15-16-17-18-28(20-21(25(31)32)26(33)34)24(30)22(19-23(27)29)38(35,36)37;;;;;;;;/h21-22H,2-20H2,1H3,(H2,27,29)(H,31,32)(H,33,34)(H,35,36,37);;;;;;;;. The summed E-state index contributed by atoms with van der Waals surface area (Å²) in [5, 5.41) is 16.1. The SMILES string of the molecule is CCCCCCCCCCCCCCCCCCN(CC(C(=O)O)C(=O)O)C(=O)C(CC(N)=O)S(=O)(=O)O.[NaH].[NaH].[NaH].[NaH]. The number of unbranched alkanes of at least 4 members (excludes halogenated alkanes) is 15. The number of hydrogen-bond donors (Lipinski definition) is 4. The average Bonchev–Trinajstić information content (AvgIpc) is 2.82. The predicted octanol–water partition coefficient (Wildman–Crippen LogP) is 1.40. The molecule has 0 aromatic carbocycles. The molecular formula is C26H52N2Na4O9S. The van der Waals surface area contributed by atoms with E-state index in [9.17, 15) is 42.4 Å². The van der Waals surface area contributed by atoms with Gasteiger partial charge in [0, 0.05) is 13.1 Å². The van der Waals surface area contributed by atoms with Gasteiger partial charge in [-0.2, -0.15) is 8.42 Å². The van der Waals surface area contributed by atoms with Crippen molar-refractivity contribution < 1.29 is 42.4 Å². The summed E-state index contributed by atoms with van der Waals surface area (Å²) in [5.41, 5.74) is 4.99. The van der Waals surface area contributed by atoms with Crippen molar-refractivity contribution in [2.45, 2.75) is 121 Å². The van der Waals surface area contributed by atoms with Crippen molar-refractivity contribution >= 4 is 152 Å². The molecular weight excluding hydrogens is 608 g/mol. The number of nitrogens with two attached hydrogens (primary N) is 1. The molecule has 42 heavy (non-hydrogen) atoms. The zero-order valence-electron chi connectivity index (χ0n) is 22.8. The predicted molar refractivity (Wildman–Crippen MR) is 173 cm³/mol. The molecule has 0 fully saturated rings. The van der Waals surface area contributed by atoms with Crippen LogP contribution in [0.25, 0.3) is 0 Å². The third kappa shape index (κ3) is 28.0. The summed E-state index contributed by atoms with van der Waals surface area (Å²) in [7, 11) is -5.03. The van der Waals surface area contributed by atoms with Gasteiger partial charge in [0.05, 0.1) is 6.42 Å². The van der Waals surface area contributed by atoms with E-state index in [1.165, 1.54) is 64.2 Å². The fraction of sp³-hybridized carbons (Fsp3) is 0.846. The van der Waals surface area contributed by atoms with E-state index in [0.717, 1.165) is 30.6 Å². The molecule has 230 valence electrons. The number of nitrogens with zero attached hydrogens (tertiary/aromatic N) is 1. The van der Waals surface area contributed by atoms with Gasteiger partial charge in [-0.3, -0.25) is 23.7 Å². The maximum absolute atomic E-state index is 12.8. The summed E-state index contributed by atoms with van der Waals surface area (Å²) in [5.74, 6) is -7.78. The van der Waals surface area contributed by atoms with Gasteiger partial charge in [-0.05, 0) is 6.42 Å². The zero-order valence-corrected chi connectivity index (χ0v) is 23.6. The topological polar surface area (TPSA) is 192 Å². The van der Waals surface area contributed by atoms with Crippen molar-refractivity contribution in [2.75, 3.05) is 13.1 Å². The molecule has 0 aromatic rings. The monoisotopic (exact) mass is 660 g/mol. The van der Waals surface area contributed by atoms with Crippen molar-refractivity contribution in [1.82, 2.24) is 4.90 Å². The number of amides is 2. The molecule has 0 aromatic heterocycles. The molecule has 5 N–H and O–H groups in total. The molecule has 11 nitrogen and oxygen atoms in total. The van der Waals surface area contributed by atoms with E-state index in [1.807, 2.05) is 0 Å². The van der Waals surface area contributed by atoms with Crippen LogP contribution in [0.4, 0.5) is 0 Å². The molecule has 2 amide bonds. The third-order valence-corrected chi connectivity index (χ3v) is 7.70. The average molecular weight is 661 g/mol. The number of hydrogen-bond acceptors (Lipinski definition) is 6. The number of primary amides is 1. The molecule has 0 radical (unpaired) electrons. The molecule has 0 aliphatic carbocycles. The summed E-state index contributed by atoms with van der Waals surface area (Å²) in [6.45, 7) is 1.31. The van der Waals surface area contributed by atoms with Crippen LogP contribution in [-0.2, 0) is 29.3 Å². The van der Waals surface area contributed by atoms with Crippen LogP contribution in [0.5, 0.6) is 0 Å². The number of rotatable bonds is 25. The maximum atomic E-state index is 12.8. The van der Waals surface area contributed by atoms with Crippen LogP contribution in [0, 0.1) is 5.92 Å². The molecule has 0 heterocycles. The van der Waals surface area contributed by atoms with Gasteiger partial charge in [-0.25, -0.2) is 0 Å². The second-order valence-corrected chi connectivity index (χ2v) is 11.6. The van der Waals surface area contributed by atoms with Gasteiger partial charge in [0.2, 0.25) is 11.8 Å². The zero-order chi connectivity index (χ0) is 29.0. The van der Waals surface area contributed by atoms with Crippen molar-refractivity contribution in [3.05, 3.63) is 0 Å². The van der Waals surface area contributed by atoms with Crippen molar-refractivity contribution in [1.29, 1.82) is 0 Å². The Bertz CT molecular complexity index is 823. The Morgan fingerprint density at radius 2 is 1.00 bits per heavy atom. The van der Waals surface area contributed by atoms with Crippen molar-refractivity contribution in [3.63, 3.8) is 0 Å². The quantitative estimate of drug-likeness (QED) is 0.0485. The van der Waals surface area contributed by atoms with E-state index in [4.69, 9.17) is 5.73 Å². The molecule has 0 rings (SSSR count). The summed E-state index contributed by atoms with van der Waals surface area (Å²) in [6, 6.07) is 0. The molecule has 0 aliphatic heterocycles. The van der Waals surface area contributed by atoms with E-state index in [0.29, 0.717) is 12.8 Å². The molecule has 0 bridgehead atoms. The van der Waals surface area contributed by atoms with Crippen LogP contribution in [0.3, 0.4) is 0 Å². The van der Waals surface area contributed by atoms with Crippen LogP contribution in [0.2, 0.25) is 0 Å².